The maximum absolute atomic E-state index is 12.4. The molecule has 0 heterocycles. The molecule has 0 N–H and O–H groups in total. The first kappa shape index (κ1) is 19.5. The highest BCUT2D eigenvalue weighted by atomic mass is 16.6. The summed E-state index contributed by atoms with van der Waals surface area (Å²) in [5, 5.41) is 0. The van der Waals surface area contributed by atoms with Gasteiger partial charge in [0.15, 0.2) is 5.41 Å². The average Bonchev–Trinajstić information content (AvgIpc) is 3.01. The van der Waals surface area contributed by atoms with Crippen LogP contribution in [0.4, 0.5) is 0 Å². The first-order valence-electron chi connectivity index (χ1n) is 7.99. The molecule has 0 amide bonds. The van der Waals surface area contributed by atoms with Crippen molar-refractivity contribution in [3.8, 4) is 24.2 Å². The standard InChI is InChI=1S/C19H22O5/c1-4-12-19(17(21)23-5-2,18(22)24-6-3)13-8-11-15-9-7-10-16(15)14-20/h1,14H,5-7,9-10,12-13H2,2-3H3. The summed E-state index contributed by atoms with van der Waals surface area (Å²) in [6.07, 6.45) is 8.21. The molecule has 0 saturated carbocycles. The molecule has 0 bridgehead atoms. The zero-order valence-corrected chi connectivity index (χ0v) is 14.1. The number of aldehydes is 1. The first-order chi connectivity index (χ1) is 11.6. The molecule has 5 nitrogen and oxygen atoms in total. The van der Waals surface area contributed by atoms with Crippen LogP contribution in [0.15, 0.2) is 11.1 Å². The van der Waals surface area contributed by atoms with Gasteiger partial charge < -0.3 is 9.47 Å². The fourth-order valence-corrected chi connectivity index (χ4v) is 2.49. The molecular formula is C19H22O5. The monoisotopic (exact) mass is 330 g/mol. The molecule has 128 valence electrons. The van der Waals surface area contributed by atoms with Gasteiger partial charge in [-0.3, -0.25) is 14.4 Å². The largest absolute Gasteiger partial charge is 0.465 e. The van der Waals surface area contributed by atoms with E-state index >= 15 is 0 Å². The van der Waals surface area contributed by atoms with Crippen LogP contribution in [0, 0.1) is 29.6 Å². The van der Waals surface area contributed by atoms with E-state index in [0.717, 1.165) is 24.7 Å². The van der Waals surface area contributed by atoms with E-state index in [-0.39, 0.29) is 26.1 Å². The van der Waals surface area contributed by atoms with Crippen molar-refractivity contribution in [1.29, 1.82) is 0 Å². The Morgan fingerprint density at radius 3 is 2.29 bits per heavy atom. The lowest BCUT2D eigenvalue weighted by atomic mass is 9.81. The Morgan fingerprint density at radius 2 is 1.79 bits per heavy atom. The number of carbonyl (C=O) groups is 3. The summed E-state index contributed by atoms with van der Waals surface area (Å²) in [5.74, 6) is 6.62. The van der Waals surface area contributed by atoms with Crippen LogP contribution in [0.3, 0.4) is 0 Å². The Morgan fingerprint density at radius 1 is 1.17 bits per heavy atom. The van der Waals surface area contributed by atoms with Gasteiger partial charge in [-0.2, -0.15) is 0 Å². The molecular weight excluding hydrogens is 308 g/mol. The van der Waals surface area contributed by atoms with Crippen LogP contribution >= 0.6 is 0 Å². The van der Waals surface area contributed by atoms with Crippen LogP contribution in [0.25, 0.3) is 0 Å². The van der Waals surface area contributed by atoms with E-state index in [2.05, 4.69) is 17.8 Å². The number of terminal acetylenes is 1. The zero-order chi connectivity index (χ0) is 18.0. The van der Waals surface area contributed by atoms with Crippen molar-refractivity contribution in [1.82, 2.24) is 0 Å². The summed E-state index contributed by atoms with van der Waals surface area (Å²) < 4.78 is 10.0. The van der Waals surface area contributed by atoms with Gasteiger partial charge in [0.2, 0.25) is 0 Å². The summed E-state index contributed by atoms with van der Waals surface area (Å²) in [4.78, 5) is 35.7. The SMILES string of the molecule is C#CCC(CC#CC1=C(C=O)CCC1)(C(=O)OCC)C(=O)OCC. The molecule has 0 aliphatic heterocycles. The molecule has 1 rings (SSSR count). The summed E-state index contributed by atoms with van der Waals surface area (Å²) >= 11 is 0. The Balaban J connectivity index is 3.13. The second-order valence-corrected chi connectivity index (χ2v) is 5.36. The van der Waals surface area contributed by atoms with Gasteiger partial charge in [0.1, 0.15) is 6.29 Å². The van der Waals surface area contributed by atoms with Gasteiger partial charge in [0, 0.05) is 24.0 Å². The molecule has 5 heteroatoms. The smallest absolute Gasteiger partial charge is 0.325 e. The lowest BCUT2D eigenvalue weighted by molar-refractivity contribution is -0.171. The van der Waals surface area contributed by atoms with Crippen molar-refractivity contribution in [2.75, 3.05) is 13.2 Å². The maximum atomic E-state index is 12.4. The van der Waals surface area contributed by atoms with E-state index in [1.807, 2.05) is 0 Å². The van der Waals surface area contributed by atoms with E-state index in [0.29, 0.717) is 12.0 Å². The van der Waals surface area contributed by atoms with Gasteiger partial charge in [0.05, 0.1) is 13.2 Å². The van der Waals surface area contributed by atoms with Crippen molar-refractivity contribution in [3.05, 3.63) is 11.1 Å². The van der Waals surface area contributed by atoms with Crippen LogP contribution in [-0.4, -0.2) is 31.4 Å². The van der Waals surface area contributed by atoms with Crippen molar-refractivity contribution < 1.29 is 23.9 Å². The number of esters is 2. The second-order valence-electron chi connectivity index (χ2n) is 5.36. The minimum atomic E-state index is -1.63. The quantitative estimate of drug-likeness (QED) is 0.310. The van der Waals surface area contributed by atoms with E-state index < -0.39 is 17.4 Å². The summed E-state index contributed by atoms with van der Waals surface area (Å²) in [7, 11) is 0. The minimum Gasteiger partial charge on any atom is -0.465 e. The topological polar surface area (TPSA) is 69.7 Å². The normalized spacial score (nSPS) is 13.5. The highest BCUT2D eigenvalue weighted by molar-refractivity contribution is 6.00. The predicted molar refractivity (Wildman–Crippen MR) is 88.5 cm³/mol. The molecule has 0 spiro atoms. The highest BCUT2D eigenvalue weighted by Gasteiger charge is 2.48. The summed E-state index contributed by atoms with van der Waals surface area (Å²) in [6, 6.07) is 0. The van der Waals surface area contributed by atoms with Gasteiger partial charge in [-0.15, -0.1) is 12.3 Å². The highest BCUT2D eigenvalue weighted by Crippen LogP contribution is 2.31. The Hall–Kier alpha value is -2.53. The van der Waals surface area contributed by atoms with Gasteiger partial charge in [0.25, 0.3) is 0 Å². The van der Waals surface area contributed by atoms with Crippen LogP contribution in [0.5, 0.6) is 0 Å². The average molecular weight is 330 g/mol. The molecule has 1 aliphatic rings. The second kappa shape index (κ2) is 9.57. The van der Waals surface area contributed by atoms with Crippen LogP contribution in [0.1, 0.15) is 46.0 Å². The molecule has 0 saturated heterocycles. The molecule has 1 aliphatic carbocycles. The van der Waals surface area contributed by atoms with Crippen LogP contribution in [-0.2, 0) is 23.9 Å². The number of rotatable bonds is 7. The van der Waals surface area contributed by atoms with Gasteiger partial charge in [-0.25, -0.2) is 0 Å². The van der Waals surface area contributed by atoms with Crippen molar-refractivity contribution in [2.45, 2.75) is 46.0 Å². The lowest BCUT2D eigenvalue weighted by Gasteiger charge is -2.25. The van der Waals surface area contributed by atoms with Gasteiger partial charge in [-0.05, 0) is 33.1 Å². The minimum absolute atomic E-state index is 0.107. The molecule has 0 aromatic rings. The van der Waals surface area contributed by atoms with E-state index in [4.69, 9.17) is 15.9 Å². The molecule has 0 aromatic heterocycles. The predicted octanol–water partition coefficient (Wildman–Crippen LogP) is 2.20. The number of hydrogen-bond acceptors (Lipinski definition) is 5. The third-order valence-electron chi connectivity index (χ3n) is 3.77. The maximum Gasteiger partial charge on any atom is 0.325 e. The zero-order valence-electron chi connectivity index (χ0n) is 14.1. The number of allylic oxidation sites excluding steroid dienone is 2. The van der Waals surface area contributed by atoms with Crippen LogP contribution in [0.2, 0.25) is 0 Å². The van der Waals surface area contributed by atoms with Crippen molar-refractivity contribution >= 4 is 18.2 Å². The van der Waals surface area contributed by atoms with Gasteiger partial charge >= 0.3 is 11.9 Å². The van der Waals surface area contributed by atoms with E-state index in [1.165, 1.54) is 0 Å². The van der Waals surface area contributed by atoms with E-state index in [1.54, 1.807) is 13.8 Å². The Kier molecular flexibility index (Phi) is 7.79. The number of hydrogen-bond donors (Lipinski definition) is 0. The Labute approximate surface area is 142 Å². The number of ether oxygens (including phenoxy) is 2. The first-order valence-corrected chi connectivity index (χ1v) is 7.99. The molecule has 0 atom stereocenters. The van der Waals surface area contributed by atoms with E-state index in [9.17, 15) is 14.4 Å². The Bertz CT molecular complexity index is 606. The molecule has 0 aromatic carbocycles. The summed E-state index contributed by atoms with van der Waals surface area (Å²) in [6.45, 7) is 3.54. The molecule has 0 radical (unpaired) electrons. The molecule has 24 heavy (non-hydrogen) atoms. The van der Waals surface area contributed by atoms with Gasteiger partial charge in [-0.1, -0.05) is 11.8 Å². The van der Waals surface area contributed by atoms with Crippen LogP contribution < -0.4 is 0 Å². The summed E-state index contributed by atoms with van der Waals surface area (Å²) in [5.41, 5.74) is -0.196. The lowest BCUT2D eigenvalue weighted by Crippen LogP contribution is -2.41. The molecule has 0 fully saturated rings. The number of carbonyl (C=O) groups excluding carboxylic acids is 3. The van der Waals surface area contributed by atoms with Crippen molar-refractivity contribution in [2.24, 2.45) is 5.41 Å². The molecule has 0 unspecified atom stereocenters. The fraction of sp³-hybridized carbons (Fsp3) is 0.526. The van der Waals surface area contributed by atoms with Crippen molar-refractivity contribution in [3.63, 3.8) is 0 Å². The third-order valence-corrected chi connectivity index (χ3v) is 3.77. The fourth-order valence-electron chi connectivity index (χ4n) is 2.49. The third kappa shape index (κ3) is 4.49.